The third kappa shape index (κ3) is 4.52. The predicted octanol–water partition coefficient (Wildman–Crippen LogP) is 2.78. The quantitative estimate of drug-likeness (QED) is 0.864. The molecule has 0 aliphatic carbocycles. The van der Waals surface area contributed by atoms with E-state index in [1.807, 2.05) is 17.9 Å². The topological polar surface area (TPSA) is 76.2 Å². The first-order valence-corrected chi connectivity index (χ1v) is 9.70. The number of carbonyl (C=O) groups is 1. The van der Waals surface area contributed by atoms with Crippen molar-refractivity contribution in [2.45, 2.75) is 64.6 Å². The maximum absolute atomic E-state index is 12.9. The van der Waals surface area contributed by atoms with E-state index >= 15 is 0 Å². The molecule has 148 valence electrons. The van der Waals surface area contributed by atoms with Gasteiger partial charge in [0, 0.05) is 38.5 Å². The lowest BCUT2D eigenvalue weighted by Gasteiger charge is -2.34. The molecule has 1 fully saturated rings. The van der Waals surface area contributed by atoms with Gasteiger partial charge in [-0.3, -0.25) is 9.48 Å². The van der Waals surface area contributed by atoms with Gasteiger partial charge in [0.15, 0.2) is 0 Å². The fourth-order valence-corrected chi connectivity index (χ4v) is 4.00. The third-order valence-corrected chi connectivity index (χ3v) is 5.35. The van der Waals surface area contributed by atoms with E-state index in [1.54, 1.807) is 0 Å². The van der Waals surface area contributed by atoms with Gasteiger partial charge in [-0.05, 0) is 45.2 Å². The van der Waals surface area contributed by atoms with E-state index in [9.17, 15) is 4.79 Å². The minimum Gasteiger partial charge on any atom is -0.361 e. The van der Waals surface area contributed by atoms with E-state index in [2.05, 4.69) is 26.3 Å². The number of rotatable bonds is 4. The molecule has 2 aliphatic heterocycles. The molecule has 8 heteroatoms. The number of hydrogen-bond acceptors (Lipinski definition) is 5. The van der Waals surface area contributed by atoms with Gasteiger partial charge >= 0.3 is 0 Å². The number of amides is 1. The van der Waals surface area contributed by atoms with Crippen LogP contribution in [0.4, 0.5) is 0 Å². The summed E-state index contributed by atoms with van der Waals surface area (Å²) in [6.07, 6.45) is 5.43. The molecule has 4 rings (SSSR count). The van der Waals surface area contributed by atoms with Crippen molar-refractivity contribution in [2.75, 3.05) is 13.1 Å². The van der Waals surface area contributed by atoms with Crippen molar-refractivity contribution in [2.24, 2.45) is 0 Å². The van der Waals surface area contributed by atoms with Crippen LogP contribution >= 0.6 is 12.4 Å². The first-order valence-electron chi connectivity index (χ1n) is 9.70. The number of carbonyl (C=O) groups excluding carboxylic acids is 1. The lowest BCUT2D eigenvalue weighted by Crippen LogP contribution is -2.38. The molecular weight excluding hydrogens is 366 g/mol. The summed E-state index contributed by atoms with van der Waals surface area (Å²) in [5.41, 5.74) is 3.12. The zero-order chi connectivity index (χ0) is 17.9. The minimum atomic E-state index is 0. The minimum absolute atomic E-state index is 0. The summed E-state index contributed by atoms with van der Waals surface area (Å²) in [6.45, 7) is 5.55. The molecule has 1 saturated heterocycles. The van der Waals surface area contributed by atoms with Crippen molar-refractivity contribution in [3.8, 4) is 0 Å². The maximum Gasteiger partial charge on any atom is 0.223 e. The SMILES string of the molecule is Cc1cc(C2CCCCN2C(=O)CCc2cc3n(n2)CCCNC3)no1.Cl. The van der Waals surface area contributed by atoms with Crippen molar-refractivity contribution in [1.29, 1.82) is 0 Å². The Labute approximate surface area is 165 Å². The molecule has 0 spiro atoms. The second kappa shape index (κ2) is 8.89. The van der Waals surface area contributed by atoms with Crippen LogP contribution in [0.5, 0.6) is 0 Å². The average molecular weight is 394 g/mol. The number of aryl methyl sites for hydroxylation is 3. The van der Waals surface area contributed by atoms with Crippen LogP contribution in [0.2, 0.25) is 0 Å². The van der Waals surface area contributed by atoms with Gasteiger partial charge in [-0.2, -0.15) is 5.10 Å². The van der Waals surface area contributed by atoms with E-state index in [-0.39, 0.29) is 24.4 Å². The van der Waals surface area contributed by atoms with E-state index < -0.39 is 0 Å². The monoisotopic (exact) mass is 393 g/mol. The highest BCUT2D eigenvalue weighted by atomic mass is 35.5. The van der Waals surface area contributed by atoms with Gasteiger partial charge in [-0.15, -0.1) is 12.4 Å². The number of halogens is 1. The van der Waals surface area contributed by atoms with Crippen LogP contribution in [0.3, 0.4) is 0 Å². The number of piperidine rings is 1. The van der Waals surface area contributed by atoms with Crippen molar-refractivity contribution in [1.82, 2.24) is 25.2 Å². The molecule has 1 unspecified atom stereocenters. The van der Waals surface area contributed by atoms with E-state index in [0.29, 0.717) is 12.8 Å². The van der Waals surface area contributed by atoms with Gasteiger partial charge < -0.3 is 14.7 Å². The highest BCUT2D eigenvalue weighted by Crippen LogP contribution is 2.31. The second-order valence-corrected chi connectivity index (χ2v) is 7.34. The molecular formula is C19H28ClN5O2. The Morgan fingerprint density at radius 3 is 3.00 bits per heavy atom. The number of likely N-dealkylation sites (tertiary alicyclic amines) is 1. The number of hydrogen-bond donors (Lipinski definition) is 1. The summed E-state index contributed by atoms with van der Waals surface area (Å²) < 4.78 is 7.31. The lowest BCUT2D eigenvalue weighted by atomic mass is 9.98. The van der Waals surface area contributed by atoms with Crippen LogP contribution in [0.1, 0.15) is 61.0 Å². The molecule has 2 aromatic rings. The maximum atomic E-state index is 12.9. The van der Waals surface area contributed by atoms with Crippen LogP contribution in [-0.4, -0.2) is 38.8 Å². The van der Waals surface area contributed by atoms with Gasteiger partial charge in [0.25, 0.3) is 0 Å². The van der Waals surface area contributed by atoms with E-state index in [0.717, 1.165) is 69.0 Å². The molecule has 1 atom stereocenters. The molecule has 2 aromatic heterocycles. The smallest absolute Gasteiger partial charge is 0.223 e. The molecule has 0 radical (unpaired) electrons. The fourth-order valence-electron chi connectivity index (χ4n) is 4.00. The average Bonchev–Trinajstić information content (AvgIpc) is 3.20. The summed E-state index contributed by atoms with van der Waals surface area (Å²) in [7, 11) is 0. The van der Waals surface area contributed by atoms with E-state index in [1.165, 1.54) is 5.69 Å². The molecule has 27 heavy (non-hydrogen) atoms. The number of nitrogens with zero attached hydrogens (tertiary/aromatic N) is 4. The summed E-state index contributed by atoms with van der Waals surface area (Å²) in [5.74, 6) is 0.989. The molecule has 1 N–H and O–H groups in total. The van der Waals surface area contributed by atoms with Crippen molar-refractivity contribution >= 4 is 18.3 Å². The van der Waals surface area contributed by atoms with Gasteiger partial charge in [0.1, 0.15) is 11.5 Å². The third-order valence-electron chi connectivity index (χ3n) is 5.35. The Morgan fingerprint density at radius 2 is 2.19 bits per heavy atom. The number of nitrogens with one attached hydrogen (secondary N) is 1. The van der Waals surface area contributed by atoms with E-state index in [4.69, 9.17) is 4.52 Å². The van der Waals surface area contributed by atoms with Crippen LogP contribution in [0.25, 0.3) is 0 Å². The lowest BCUT2D eigenvalue weighted by molar-refractivity contribution is -0.135. The highest BCUT2D eigenvalue weighted by Gasteiger charge is 2.30. The Bertz CT molecular complexity index is 748. The molecule has 1 amide bonds. The van der Waals surface area contributed by atoms with Crippen molar-refractivity contribution in [3.05, 3.63) is 35.0 Å². The van der Waals surface area contributed by atoms with Crippen molar-refractivity contribution in [3.63, 3.8) is 0 Å². The molecule has 2 aliphatic rings. The molecule has 7 nitrogen and oxygen atoms in total. The van der Waals surface area contributed by atoms with Crippen LogP contribution in [0, 0.1) is 6.92 Å². The Morgan fingerprint density at radius 1 is 1.30 bits per heavy atom. The number of aromatic nitrogens is 3. The highest BCUT2D eigenvalue weighted by molar-refractivity contribution is 5.85. The zero-order valence-electron chi connectivity index (χ0n) is 15.8. The summed E-state index contributed by atoms with van der Waals surface area (Å²) in [4.78, 5) is 14.9. The summed E-state index contributed by atoms with van der Waals surface area (Å²) in [5, 5.41) is 12.2. The Hall–Kier alpha value is -1.86. The first-order chi connectivity index (χ1) is 12.7. The zero-order valence-corrected chi connectivity index (χ0v) is 16.6. The van der Waals surface area contributed by atoms with Gasteiger partial charge in [-0.1, -0.05) is 5.16 Å². The van der Waals surface area contributed by atoms with Gasteiger partial charge in [-0.25, -0.2) is 0 Å². The fraction of sp³-hybridized carbons (Fsp3) is 0.632. The molecule has 0 saturated carbocycles. The van der Waals surface area contributed by atoms with Crippen molar-refractivity contribution < 1.29 is 9.32 Å². The van der Waals surface area contributed by atoms with Gasteiger partial charge in [0.05, 0.1) is 17.4 Å². The second-order valence-electron chi connectivity index (χ2n) is 7.34. The van der Waals surface area contributed by atoms with Crippen LogP contribution in [-0.2, 0) is 24.3 Å². The number of fused-ring (bicyclic) bond motifs is 1. The van der Waals surface area contributed by atoms with Crippen LogP contribution < -0.4 is 5.32 Å². The molecule has 0 aromatic carbocycles. The largest absolute Gasteiger partial charge is 0.361 e. The first kappa shape index (κ1) is 19.9. The molecule has 0 bridgehead atoms. The normalized spacial score (nSPS) is 19.9. The standard InChI is InChI=1S/C19H27N5O2.ClH/c1-14-11-17(22-26-14)18-5-2-3-9-23(18)19(25)7-6-15-12-16-13-20-8-4-10-24(16)21-15;/h11-12,18,20H,2-10,13H2,1H3;1H. The Kier molecular flexibility index (Phi) is 6.55. The summed E-state index contributed by atoms with van der Waals surface area (Å²) >= 11 is 0. The predicted molar refractivity (Wildman–Crippen MR) is 104 cm³/mol. The van der Waals surface area contributed by atoms with Crippen LogP contribution in [0.15, 0.2) is 16.7 Å². The Balaban J connectivity index is 0.00000210. The summed E-state index contributed by atoms with van der Waals surface area (Å²) in [6, 6.07) is 4.15. The van der Waals surface area contributed by atoms with Gasteiger partial charge in [0.2, 0.25) is 5.91 Å². The molecule has 4 heterocycles.